The van der Waals surface area contributed by atoms with Crippen LogP contribution in [0.1, 0.15) is 59.9 Å². The lowest BCUT2D eigenvalue weighted by atomic mass is 9.77. The topological polar surface area (TPSA) is 129 Å². The van der Waals surface area contributed by atoms with Gasteiger partial charge in [-0.1, -0.05) is 56.3 Å². The van der Waals surface area contributed by atoms with Gasteiger partial charge < -0.3 is 34.2 Å². The number of ether oxygens (including phenoxy) is 2. The predicted octanol–water partition coefficient (Wildman–Crippen LogP) is 10.9. The quantitative estimate of drug-likeness (QED) is 0.132. The van der Waals surface area contributed by atoms with E-state index >= 15 is 4.39 Å². The molecule has 2 aliphatic heterocycles. The van der Waals surface area contributed by atoms with Crippen LogP contribution in [-0.2, 0) is 6.61 Å². The number of hydrogen-bond donors (Lipinski definition) is 1. The summed E-state index contributed by atoms with van der Waals surface area (Å²) >= 11 is 0. The highest BCUT2D eigenvalue weighted by Gasteiger charge is 2.42. The maximum absolute atomic E-state index is 15.1. The number of hydrogen-bond acceptors (Lipinski definition) is 13. The Bertz CT molecular complexity index is 2870. The van der Waals surface area contributed by atoms with Gasteiger partial charge in [0.2, 0.25) is 11.8 Å². The average molecular weight is 984 g/mol. The molecule has 9 rings (SSSR count). The Morgan fingerprint density at radius 3 is 1.83 bits per heavy atom. The predicted molar refractivity (Wildman–Crippen MR) is 285 cm³/mol. The highest BCUT2D eigenvalue weighted by molar-refractivity contribution is 5.90. The Hall–Kier alpha value is -6.48. The lowest BCUT2D eigenvalue weighted by molar-refractivity contribution is 0.0391. The molecule has 7 aromatic rings. The number of likely N-dealkylation sites (tertiary alicyclic amines) is 2. The van der Waals surface area contributed by atoms with Crippen LogP contribution < -0.4 is 19.3 Å². The van der Waals surface area contributed by atoms with Crippen LogP contribution >= 0.6 is 12.4 Å². The summed E-state index contributed by atoms with van der Waals surface area (Å²) in [5.74, 6) is 2.81. The number of phenols is 1. The summed E-state index contributed by atoms with van der Waals surface area (Å²) in [5.41, 5.74) is 4.67. The maximum Gasteiger partial charge on any atom is 0.221 e. The van der Waals surface area contributed by atoms with Gasteiger partial charge in [-0.25, -0.2) is 14.4 Å². The lowest BCUT2D eigenvalue weighted by Crippen LogP contribution is -2.59. The van der Waals surface area contributed by atoms with E-state index in [1.54, 1.807) is 30.6 Å². The van der Waals surface area contributed by atoms with E-state index in [4.69, 9.17) is 9.47 Å². The molecule has 0 bridgehead atoms. The molecule has 0 spiro atoms. The molecule has 0 radical (unpaired) electrons. The molecule has 4 atom stereocenters. The number of aromatic nitrogens is 6. The molecule has 0 amide bonds. The second-order valence-electron chi connectivity index (χ2n) is 20.0. The summed E-state index contributed by atoms with van der Waals surface area (Å²) in [4.78, 5) is 17.9. The summed E-state index contributed by atoms with van der Waals surface area (Å²) in [5, 5.41) is 30.6. The van der Waals surface area contributed by atoms with Gasteiger partial charge in [0, 0.05) is 79.8 Å². The van der Waals surface area contributed by atoms with E-state index in [1.165, 1.54) is 19.2 Å². The van der Waals surface area contributed by atoms with Crippen molar-refractivity contribution < 1.29 is 19.0 Å². The molecule has 4 unspecified atom stereocenters. The molecule has 6 heterocycles. The number of aromatic hydroxyl groups is 1. The Balaban J connectivity index is 0.000000206. The van der Waals surface area contributed by atoms with Crippen LogP contribution in [0.15, 0.2) is 116 Å². The third-order valence-electron chi connectivity index (χ3n) is 15.7. The van der Waals surface area contributed by atoms with Crippen molar-refractivity contribution in [3.8, 4) is 51.2 Å². The standard InChI is InChI=1S/C30H35N5O.C26H32FN5O2.ClH/c1-21-27(16-18-34(4)30(21,2)3)35(5)28-14-13-26(32-33-28)24-12-11-23-15-17-31-29(25(23)19-24)36-20-22-9-7-6-8-10-22;1-16-21(10-12-31(4)26(16,2)3)32(5)23-8-7-20(29-30-23)25-19(27)13-18(14-22(25)33)17-9-11-28-24(15-17)34-6;/h6-15,17,19,21,27H,16,18,20H2,1-5H3;7-9,11,13-16,21,33H,10,12H2,1-6H3;1H. The van der Waals surface area contributed by atoms with Crippen molar-refractivity contribution >= 4 is 34.8 Å². The van der Waals surface area contributed by atoms with Crippen LogP contribution in [0.25, 0.3) is 44.4 Å². The molecular weight excluding hydrogens is 915 g/mol. The van der Waals surface area contributed by atoms with Gasteiger partial charge in [0.05, 0.1) is 24.1 Å². The minimum absolute atomic E-state index is 0. The second-order valence-corrected chi connectivity index (χ2v) is 20.0. The van der Waals surface area contributed by atoms with Gasteiger partial charge in [-0.05, 0) is 143 Å². The number of pyridine rings is 2. The number of benzene rings is 3. The van der Waals surface area contributed by atoms with Crippen LogP contribution in [0.5, 0.6) is 17.5 Å². The summed E-state index contributed by atoms with van der Waals surface area (Å²) in [6, 6.07) is 33.1. The molecular formula is C56H68ClFN10O3. The summed E-state index contributed by atoms with van der Waals surface area (Å²) in [7, 11) is 10.1. The third kappa shape index (κ3) is 11.0. The van der Waals surface area contributed by atoms with Crippen molar-refractivity contribution in [3.05, 3.63) is 127 Å². The highest BCUT2D eigenvalue weighted by atomic mass is 35.5. The molecule has 4 aromatic heterocycles. The average Bonchev–Trinajstić information content (AvgIpc) is 3.37. The van der Waals surface area contributed by atoms with Crippen LogP contribution in [0.4, 0.5) is 16.0 Å². The van der Waals surface area contributed by atoms with Crippen molar-refractivity contribution in [1.29, 1.82) is 0 Å². The zero-order valence-electron chi connectivity index (χ0n) is 42.8. The van der Waals surface area contributed by atoms with Crippen LogP contribution in [-0.4, -0.2) is 117 Å². The van der Waals surface area contributed by atoms with Crippen LogP contribution in [0, 0.1) is 17.7 Å². The van der Waals surface area contributed by atoms with Crippen LogP contribution in [0.3, 0.4) is 0 Å². The van der Waals surface area contributed by atoms with E-state index in [2.05, 4.69) is 155 Å². The van der Waals surface area contributed by atoms with Gasteiger partial charge in [0.15, 0.2) is 11.6 Å². The van der Waals surface area contributed by atoms with Crippen LogP contribution in [0.2, 0.25) is 0 Å². The van der Waals surface area contributed by atoms with Crippen molar-refractivity contribution in [2.45, 2.75) is 84.2 Å². The maximum atomic E-state index is 15.1. The van der Waals surface area contributed by atoms with Crippen molar-refractivity contribution in [3.63, 3.8) is 0 Å². The van der Waals surface area contributed by atoms with E-state index < -0.39 is 5.82 Å². The zero-order chi connectivity index (χ0) is 49.9. The number of piperidine rings is 2. The minimum atomic E-state index is -0.577. The molecule has 13 nitrogen and oxygen atoms in total. The molecule has 2 aliphatic rings. The van der Waals surface area contributed by atoms with Gasteiger partial charge in [0.1, 0.15) is 18.2 Å². The monoisotopic (exact) mass is 983 g/mol. The van der Waals surface area contributed by atoms with Gasteiger partial charge in [-0.15, -0.1) is 32.8 Å². The Morgan fingerprint density at radius 1 is 0.676 bits per heavy atom. The van der Waals surface area contributed by atoms with Crippen molar-refractivity contribution in [2.24, 2.45) is 11.8 Å². The summed E-state index contributed by atoms with van der Waals surface area (Å²) in [6.07, 6.45) is 5.50. The van der Waals surface area contributed by atoms with Gasteiger partial charge in [-0.2, -0.15) is 0 Å². The second kappa shape index (κ2) is 21.9. The molecule has 2 saturated heterocycles. The van der Waals surface area contributed by atoms with E-state index in [1.807, 2.05) is 37.4 Å². The smallest absolute Gasteiger partial charge is 0.221 e. The summed E-state index contributed by atoms with van der Waals surface area (Å²) < 4.78 is 26.3. The number of halogens is 2. The fraction of sp³-hybridized carbons (Fsp3) is 0.393. The number of fused-ring (bicyclic) bond motifs is 1. The highest BCUT2D eigenvalue weighted by Crippen LogP contribution is 2.39. The number of rotatable bonds is 11. The molecule has 0 saturated carbocycles. The molecule has 2 fully saturated rings. The number of methoxy groups -OCH3 is 1. The fourth-order valence-electron chi connectivity index (χ4n) is 9.93. The first-order valence-electron chi connectivity index (χ1n) is 24.1. The Labute approximate surface area is 424 Å². The minimum Gasteiger partial charge on any atom is -0.507 e. The Kier molecular flexibility index (Phi) is 16.1. The normalized spacial score (nSPS) is 19.7. The molecule has 0 aliphatic carbocycles. The van der Waals surface area contributed by atoms with E-state index in [0.29, 0.717) is 53.4 Å². The van der Waals surface area contributed by atoms with Gasteiger partial charge in [0.25, 0.3) is 0 Å². The number of nitrogens with zero attached hydrogens (tertiary/aromatic N) is 10. The van der Waals surface area contributed by atoms with E-state index in [0.717, 1.165) is 65.2 Å². The molecule has 15 heteroatoms. The molecule has 374 valence electrons. The first kappa shape index (κ1) is 52.3. The van der Waals surface area contributed by atoms with Gasteiger partial charge in [-0.3, -0.25) is 0 Å². The van der Waals surface area contributed by atoms with Gasteiger partial charge >= 0.3 is 0 Å². The summed E-state index contributed by atoms with van der Waals surface area (Å²) in [6.45, 7) is 16.4. The zero-order valence-corrected chi connectivity index (χ0v) is 43.7. The van der Waals surface area contributed by atoms with E-state index in [-0.39, 0.29) is 40.5 Å². The fourth-order valence-corrected chi connectivity index (χ4v) is 9.93. The Morgan fingerprint density at radius 2 is 1.27 bits per heavy atom. The first-order chi connectivity index (χ1) is 33.5. The molecule has 1 N–H and O–H groups in total. The lowest BCUT2D eigenvalue weighted by Gasteiger charge is -2.51. The van der Waals surface area contributed by atoms with Crippen molar-refractivity contribution in [1.82, 2.24) is 40.2 Å². The first-order valence-corrected chi connectivity index (χ1v) is 24.1. The third-order valence-corrected chi connectivity index (χ3v) is 15.7. The van der Waals surface area contributed by atoms with Crippen molar-refractivity contribution in [2.75, 3.05) is 58.2 Å². The number of phenolic OH excluding ortho intramolecular Hbond substituents is 1. The number of anilines is 2. The van der Waals surface area contributed by atoms with E-state index in [9.17, 15) is 5.11 Å². The largest absolute Gasteiger partial charge is 0.507 e. The molecule has 71 heavy (non-hydrogen) atoms. The SMILES string of the molecule is CC1C(N(C)c2ccc(-c3ccc4ccnc(OCc5ccccc5)c4c3)nn2)CCN(C)C1(C)C.COc1cc(-c2cc(O)c(-c3ccc(N(C)C4CCN(C)C(C)(C)C4C)nn3)c(F)c2)ccn1.Cl. The molecule has 3 aromatic carbocycles.